The quantitative estimate of drug-likeness (QED) is 0.590. The van der Waals surface area contributed by atoms with Gasteiger partial charge in [-0.3, -0.25) is 4.98 Å². The van der Waals surface area contributed by atoms with E-state index in [1.165, 1.54) is 12.8 Å². The zero-order valence-corrected chi connectivity index (χ0v) is 8.93. The van der Waals surface area contributed by atoms with E-state index in [-0.39, 0.29) is 0 Å². The molecule has 0 atom stereocenters. The zero-order valence-electron chi connectivity index (χ0n) is 8.93. The van der Waals surface area contributed by atoms with Crippen molar-refractivity contribution in [3.05, 3.63) is 30.1 Å². The smallest absolute Gasteiger partial charge is 0.191 e. The monoisotopic (exact) mass is 204 g/mol. The summed E-state index contributed by atoms with van der Waals surface area (Å²) in [6.45, 7) is 0.760. The predicted octanol–water partition coefficient (Wildman–Crippen LogP) is 0.991. The van der Waals surface area contributed by atoms with Crippen LogP contribution in [0.3, 0.4) is 0 Å². The number of aromatic nitrogens is 1. The van der Waals surface area contributed by atoms with E-state index in [4.69, 9.17) is 5.73 Å². The van der Waals surface area contributed by atoms with E-state index < -0.39 is 0 Å². The lowest BCUT2D eigenvalue weighted by molar-refractivity contribution is 0.491. The van der Waals surface area contributed by atoms with Gasteiger partial charge in [-0.2, -0.15) is 0 Å². The second kappa shape index (κ2) is 4.29. The molecule has 0 spiro atoms. The number of rotatable bonds is 3. The minimum Gasteiger partial charge on any atom is -0.370 e. The highest BCUT2D eigenvalue weighted by Gasteiger charge is 2.21. The van der Waals surface area contributed by atoms with E-state index in [0.29, 0.717) is 12.0 Å². The van der Waals surface area contributed by atoms with Crippen molar-refractivity contribution in [2.24, 2.45) is 10.7 Å². The summed E-state index contributed by atoms with van der Waals surface area (Å²) in [6, 6.07) is 4.44. The molecule has 2 rings (SSSR count). The lowest BCUT2D eigenvalue weighted by Crippen LogP contribution is -2.33. The third-order valence-electron chi connectivity index (χ3n) is 2.40. The van der Waals surface area contributed by atoms with Gasteiger partial charge in [0.15, 0.2) is 5.96 Å². The molecule has 1 aromatic heterocycles. The van der Waals surface area contributed by atoms with Crippen molar-refractivity contribution in [1.82, 2.24) is 9.88 Å². The maximum Gasteiger partial charge on any atom is 0.191 e. The first-order valence-electron chi connectivity index (χ1n) is 5.19. The summed E-state index contributed by atoms with van der Waals surface area (Å²) < 4.78 is 0. The van der Waals surface area contributed by atoms with Crippen LogP contribution in [-0.4, -0.2) is 28.9 Å². The molecule has 2 N–H and O–H groups in total. The van der Waals surface area contributed by atoms with Gasteiger partial charge in [0.05, 0.1) is 6.04 Å². The van der Waals surface area contributed by atoms with Gasteiger partial charge in [-0.25, -0.2) is 4.99 Å². The summed E-state index contributed by atoms with van der Waals surface area (Å²) in [5.41, 5.74) is 7.01. The average Bonchev–Trinajstić information content (AvgIpc) is 3.03. The molecule has 1 saturated carbocycles. The normalized spacial score (nSPS) is 16.5. The third kappa shape index (κ3) is 2.94. The van der Waals surface area contributed by atoms with Crippen LogP contribution in [0.15, 0.2) is 29.5 Å². The molecular formula is C11H16N4. The van der Waals surface area contributed by atoms with E-state index in [9.17, 15) is 0 Å². The van der Waals surface area contributed by atoms with Crippen LogP contribution in [0.2, 0.25) is 0 Å². The van der Waals surface area contributed by atoms with Crippen molar-refractivity contribution in [2.45, 2.75) is 25.4 Å². The zero-order chi connectivity index (χ0) is 10.7. The highest BCUT2D eigenvalue weighted by atomic mass is 15.2. The Kier molecular flexibility index (Phi) is 2.85. The lowest BCUT2D eigenvalue weighted by atomic mass is 10.3. The van der Waals surface area contributed by atoms with Crippen molar-refractivity contribution < 1.29 is 0 Å². The Labute approximate surface area is 89.8 Å². The Morgan fingerprint density at radius 3 is 3.07 bits per heavy atom. The van der Waals surface area contributed by atoms with E-state index in [1.807, 2.05) is 30.3 Å². The Morgan fingerprint density at radius 2 is 2.47 bits per heavy atom. The molecule has 1 aliphatic rings. The van der Waals surface area contributed by atoms with Crippen molar-refractivity contribution in [3.63, 3.8) is 0 Å². The Hall–Kier alpha value is -1.58. The minimum atomic E-state index is 0.473. The van der Waals surface area contributed by atoms with Gasteiger partial charge >= 0.3 is 0 Å². The summed E-state index contributed by atoms with van der Waals surface area (Å²) in [5.74, 6) is 0.626. The molecule has 0 saturated heterocycles. The van der Waals surface area contributed by atoms with Gasteiger partial charge in [-0.15, -0.1) is 0 Å². The molecule has 0 aromatic carbocycles. The number of guanidine groups is 1. The van der Waals surface area contributed by atoms with E-state index in [1.54, 1.807) is 6.20 Å². The third-order valence-corrected chi connectivity index (χ3v) is 2.40. The van der Waals surface area contributed by atoms with Crippen LogP contribution in [0.4, 0.5) is 0 Å². The molecule has 0 radical (unpaired) electrons. The van der Waals surface area contributed by atoms with Crippen LogP contribution >= 0.6 is 0 Å². The molecular weight excluding hydrogens is 188 g/mol. The second-order valence-corrected chi connectivity index (χ2v) is 3.94. The van der Waals surface area contributed by atoms with Crippen molar-refractivity contribution in [3.8, 4) is 0 Å². The van der Waals surface area contributed by atoms with Gasteiger partial charge in [0.1, 0.15) is 0 Å². The molecule has 1 aliphatic carbocycles. The highest BCUT2D eigenvalue weighted by molar-refractivity contribution is 5.78. The number of nitrogens with zero attached hydrogens (tertiary/aromatic N) is 3. The number of aliphatic imine (C=N–C) groups is 1. The molecule has 0 aliphatic heterocycles. The van der Waals surface area contributed by atoms with E-state index in [2.05, 4.69) is 9.98 Å². The molecule has 1 fully saturated rings. The minimum absolute atomic E-state index is 0.473. The molecule has 0 amide bonds. The van der Waals surface area contributed by atoms with Crippen LogP contribution in [-0.2, 0) is 6.54 Å². The van der Waals surface area contributed by atoms with Gasteiger partial charge in [-0.05, 0) is 24.5 Å². The van der Waals surface area contributed by atoms with Crippen molar-refractivity contribution in [1.29, 1.82) is 0 Å². The molecule has 4 heteroatoms. The Balaban J connectivity index is 1.94. The fourth-order valence-corrected chi connectivity index (χ4v) is 1.34. The lowest BCUT2D eigenvalue weighted by Gasteiger charge is -2.17. The van der Waals surface area contributed by atoms with Crippen LogP contribution in [0.25, 0.3) is 0 Å². The fourth-order valence-electron chi connectivity index (χ4n) is 1.34. The van der Waals surface area contributed by atoms with Gasteiger partial charge in [0.2, 0.25) is 0 Å². The summed E-state index contributed by atoms with van der Waals surface area (Å²) in [7, 11) is 1.95. The number of hydrogen-bond acceptors (Lipinski definition) is 2. The molecule has 1 heterocycles. The van der Waals surface area contributed by atoms with Gasteiger partial charge in [0.25, 0.3) is 0 Å². The van der Waals surface area contributed by atoms with Crippen LogP contribution in [0.5, 0.6) is 0 Å². The fraction of sp³-hybridized carbons (Fsp3) is 0.455. The largest absolute Gasteiger partial charge is 0.370 e. The van der Waals surface area contributed by atoms with Gasteiger partial charge in [0, 0.05) is 26.0 Å². The molecule has 1 aromatic rings. The first-order valence-corrected chi connectivity index (χ1v) is 5.19. The number of pyridine rings is 1. The van der Waals surface area contributed by atoms with Gasteiger partial charge in [-0.1, -0.05) is 6.07 Å². The summed E-state index contributed by atoms with van der Waals surface area (Å²) in [5, 5.41) is 0. The SMILES string of the molecule is CN(Cc1cccnc1)C(N)=NC1CC1. The van der Waals surface area contributed by atoms with Crippen LogP contribution in [0.1, 0.15) is 18.4 Å². The molecule has 4 nitrogen and oxygen atoms in total. The number of nitrogens with two attached hydrogens (primary N) is 1. The topological polar surface area (TPSA) is 54.5 Å². The van der Waals surface area contributed by atoms with E-state index >= 15 is 0 Å². The molecule has 15 heavy (non-hydrogen) atoms. The van der Waals surface area contributed by atoms with Crippen LogP contribution in [0, 0.1) is 0 Å². The Morgan fingerprint density at radius 1 is 1.67 bits per heavy atom. The van der Waals surface area contributed by atoms with Crippen molar-refractivity contribution in [2.75, 3.05) is 7.05 Å². The molecule has 0 unspecified atom stereocenters. The first-order chi connectivity index (χ1) is 7.25. The molecule has 0 bridgehead atoms. The van der Waals surface area contributed by atoms with Crippen molar-refractivity contribution >= 4 is 5.96 Å². The summed E-state index contributed by atoms with van der Waals surface area (Å²) >= 11 is 0. The average molecular weight is 204 g/mol. The second-order valence-electron chi connectivity index (χ2n) is 3.94. The van der Waals surface area contributed by atoms with E-state index in [0.717, 1.165) is 12.1 Å². The maximum atomic E-state index is 5.86. The molecule has 80 valence electrons. The highest BCUT2D eigenvalue weighted by Crippen LogP contribution is 2.23. The summed E-state index contributed by atoms with van der Waals surface area (Å²) in [6.07, 6.45) is 5.98. The maximum absolute atomic E-state index is 5.86. The van der Waals surface area contributed by atoms with Crippen LogP contribution < -0.4 is 5.73 Å². The number of hydrogen-bond donors (Lipinski definition) is 1. The standard InChI is InChI=1S/C11H16N4/c1-15(11(12)14-10-4-5-10)8-9-3-2-6-13-7-9/h2-3,6-7,10H,4-5,8H2,1H3,(H2,12,14). The Bertz CT molecular complexity index is 343. The first kappa shape index (κ1) is 9.96. The predicted molar refractivity (Wildman–Crippen MR) is 60.3 cm³/mol. The van der Waals surface area contributed by atoms with Gasteiger partial charge < -0.3 is 10.6 Å². The summed E-state index contributed by atoms with van der Waals surface area (Å²) in [4.78, 5) is 10.4.